The Kier molecular flexibility index (Phi) is 7.95. The zero-order valence-electron chi connectivity index (χ0n) is 19.6. The van der Waals surface area contributed by atoms with Crippen LogP contribution >= 0.6 is 0 Å². The van der Waals surface area contributed by atoms with Crippen LogP contribution in [-0.2, 0) is 16.1 Å². The molecule has 0 amide bonds. The minimum absolute atomic E-state index is 0.126. The molecule has 0 spiro atoms. The van der Waals surface area contributed by atoms with Gasteiger partial charge in [-0.2, -0.15) is 0 Å². The van der Waals surface area contributed by atoms with E-state index in [0.29, 0.717) is 31.0 Å². The highest BCUT2D eigenvalue weighted by molar-refractivity contribution is 5.87. The van der Waals surface area contributed by atoms with Crippen molar-refractivity contribution in [2.75, 3.05) is 13.2 Å². The minimum Gasteiger partial charge on any atom is -0.478 e. The molecular formula is C26H26F3NO6. The van der Waals surface area contributed by atoms with Crippen LogP contribution in [0.5, 0.6) is 5.75 Å². The van der Waals surface area contributed by atoms with Gasteiger partial charge in [-0.15, -0.1) is 13.2 Å². The summed E-state index contributed by atoms with van der Waals surface area (Å²) < 4.78 is 60.0. The standard InChI is InChI=1S/C26H26F3NO6/c1-16(18-6-4-7-19(14-18)25(31)32)34-13-5-12-33-15-21-23(30-36-24(21)17-10-11-17)20-8-2-3-9-22(20)35-26(27,28)29/h2-4,6-9,14,16-17H,5,10-13,15H2,1H3,(H,31,32). The number of carboxylic acids is 1. The van der Waals surface area contributed by atoms with Crippen molar-refractivity contribution in [1.29, 1.82) is 0 Å². The van der Waals surface area contributed by atoms with Gasteiger partial charge < -0.3 is 23.8 Å². The van der Waals surface area contributed by atoms with Crippen LogP contribution in [0, 0.1) is 0 Å². The predicted molar refractivity (Wildman–Crippen MR) is 123 cm³/mol. The molecule has 10 heteroatoms. The predicted octanol–water partition coefficient (Wildman–Crippen LogP) is 6.50. The Bertz CT molecular complexity index is 1190. The Morgan fingerprint density at radius 3 is 2.67 bits per heavy atom. The Morgan fingerprint density at radius 1 is 1.17 bits per heavy atom. The van der Waals surface area contributed by atoms with Gasteiger partial charge in [0, 0.05) is 30.3 Å². The number of ether oxygens (including phenoxy) is 3. The van der Waals surface area contributed by atoms with Crippen molar-refractivity contribution in [3.05, 3.63) is 71.0 Å². The van der Waals surface area contributed by atoms with E-state index in [1.807, 2.05) is 6.92 Å². The first-order valence-electron chi connectivity index (χ1n) is 11.6. The molecule has 1 aromatic heterocycles. The number of carboxylic acid groups (broad SMARTS) is 1. The normalized spacial score (nSPS) is 14.6. The number of benzene rings is 2. The van der Waals surface area contributed by atoms with E-state index in [2.05, 4.69) is 9.89 Å². The number of nitrogens with zero attached hydrogens (tertiary/aromatic N) is 1. The first-order chi connectivity index (χ1) is 17.2. The Balaban J connectivity index is 1.35. The van der Waals surface area contributed by atoms with Crippen molar-refractivity contribution >= 4 is 5.97 Å². The van der Waals surface area contributed by atoms with Gasteiger partial charge in [-0.3, -0.25) is 0 Å². The third-order valence-corrected chi connectivity index (χ3v) is 5.78. The van der Waals surface area contributed by atoms with E-state index in [9.17, 15) is 18.0 Å². The number of hydrogen-bond acceptors (Lipinski definition) is 6. The second-order valence-corrected chi connectivity index (χ2v) is 8.54. The van der Waals surface area contributed by atoms with Crippen molar-refractivity contribution in [2.45, 2.75) is 51.2 Å². The Hall–Kier alpha value is -3.37. The molecule has 0 aliphatic heterocycles. The number of rotatable bonds is 12. The van der Waals surface area contributed by atoms with Crippen molar-refractivity contribution in [1.82, 2.24) is 5.16 Å². The van der Waals surface area contributed by atoms with Gasteiger partial charge >= 0.3 is 12.3 Å². The lowest BCUT2D eigenvalue weighted by Gasteiger charge is -2.14. The topological polar surface area (TPSA) is 91.0 Å². The van der Waals surface area contributed by atoms with Gasteiger partial charge in [0.1, 0.15) is 17.2 Å². The highest BCUT2D eigenvalue weighted by Crippen LogP contribution is 2.45. The molecule has 1 N–H and O–H groups in total. The average molecular weight is 505 g/mol. The van der Waals surface area contributed by atoms with Crippen LogP contribution < -0.4 is 4.74 Å². The summed E-state index contributed by atoms with van der Waals surface area (Å²) >= 11 is 0. The van der Waals surface area contributed by atoms with E-state index < -0.39 is 12.3 Å². The second-order valence-electron chi connectivity index (χ2n) is 8.54. The molecule has 2 aromatic carbocycles. The quantitative estimate of drug-likeness (QED) is 0.281. The zero-order valence-corrected chi connectivity index (χ0v) is 19.6. The summed E-state index contributed by atoms with van der Waals surface area (Å²) in [6.07, 6.45) is -2.70. The van der Waals surface area contributed by atoms with Crippen LogP contribution in [0.1, 0.15) is 65.5 Å². The van der Waals surface area contributed by atoms with Gasteiger partial charge in [-0.05, 0) is 56.0 Å². The van der Waals surface area contributed by atoms with Crippen LogP contribution in [0.2, 0.25) is 0 Å². The number of para-hydroxylation sites is 1. The molecule has 0 bridgehead atoms. The van der Waals surface area contributed by atoms with E-state index in [4.69, 9.17) is 19.1 Å². The van der Waals surface area contributed by atoms with E-state index >= 15 is 0 Å². The average Bonchev–Trinajstić information content (AvgIpc) is 3.60. The number of carbonyl (C=O) groups is 1. The highest BCUT2D eigenvalue weighted by atomic mass is 19.4. The molecule has 0 radical (unpaired) electrons. The van der Waals surface area contributed by atoms with Gasteiger partial charge in [0.05, 0.1) is 18.3 Å². The molecule has 1 unspecified atom stereocenters. The molecule has 3 aromatic rings. The Morgan fingerprint density at radius 2 is 1.94 bits per heavy atom. The van der Waals surface area contributed by atoms with E-state index in [-0.39, 0.29) is 41.2 Å². The van der Waals surface area contributed by atoms with Crippen LogP contribution in [-0.4, -0.2) is 35.8 Å². The largest absolute Gasteiger partial charge is 0.573 e. The maximum Gasteiger partial charge on any atom is 0.573 e. The first-order valence-corrected chi connectivity index (χ1v) is 11.6. The zero-order chi connectivity index (χ0) is 25.7. The lowest BCUT2D eigenvalue weighted by Crippen LogP contribution is -2.17. The Labute approximate surface area is 205 Å². The van der Waals surface area contributed by atoms with Crippen LogP contribution in [0.3, 0.4) is 0 Å². The highest BCUT2D eigenvalue weighted by Gasteiger charge is 2.35. The molecular weight excluding hydrogens is 479 g/mol. The van der Waals surface area contributed by atoms with Crippen molar-refractivity contribution in [3.8, 4) is 17.0 Å². The smallest absolute Gasteiger partial charge is 0.478 e. The SMILES string of the molecule is CC(OCCCOCc1c(-c2ccccc2OC(F)(F)F)noc1C1CC1)c1cccc(C(=O)O)c1. The fourth-order valence-corrected chi connectivity index (χ4v) is 3.83. The van der Waals surface area contributed by atoms with Gasteiger partial charge in [0.25, 0.3) is 0 Å². The molecule has 1 heterocycles. The summed E-state index contributed by atoms with van der Waals surface area (Å²) in [7, 11) is 0. The summed E-state index contributed by atoms with van der Waals surface area (Å²) in [5.41, 5.74) is 2.04. The maximum atomic E-state index is 12.9. The number of aromatic nitrogens is 1. The first kappa shape index (κ1) is 25.7. The van der Waals surface area contributed by atoms with Crippen molar-refractivity contribution < 1.29 is 41.8 Å². The molecule has 0 saturated heterocycles. The molecule has 1 aliphatic carbocycles. The van der Waals surface area contributed by atoms with Crippen LogP contribution in [0.4, 0.5) is 13.2 Å². The summed E-state index contributed by atoms with van der Waals surface area (Å²) in [6, 6.07) is 12.4. The molecule has 1 saturated carbocycles. The van der Waals surface area contributed by atoms with Crippen LogP contribution in [0.25, 0.3) is 11.3 Å². The summed E-state index contributed by atoms with van der Waals surface area (Å²) in [5.74, 6) is -0.527. The molecule has 7 nitrogen and oxygen atoms in total. The molecule has 1 aliphatic rings. The monoisotopic (exact) mass is 505 g/mol. The molecule has 192 valence electrons. The number of aromatic carboxylic acids is 1. The third kappa shape index (κ3) is 6.64. The number of hydrogen-bond donors (Lipinski definition) is 1. The van der Waals surface area contributed by atoms with Crippen LogP contribution in [0.15, 0.2) is 53.1 Å². The van der Waals surface area contributed by atoms with Gasteiger partial charge in [0.2, 0.25) is 0 Å². The molecule has 1 fully saturated rings. The number of alkyl halides is 3. The third-order valence-electron chi connectivity index (χ3n) is 5.78. The number of halogens is 3. The summed E-state index contributed by atoms with van der Waals surface area (Å²) in [4.78, 5) is 11.1. The fourth-order valence-electron chi connectivity index (χ4n) is 3.83. The van der Waals surface area contributed by atoms with E-state index in [1.54, 1.807) is 24.3 Å². The molecule has 36 heavy (non-hydrogen) atoms. The summed E-state index contributed by atoms with van der Waals surface area (Å²) in [6.45, 7) is 2.69. The van der Waals surface area contributed by atoms with Crippen molar-refractivity contribution in [3.63, 3.8) is 0 Å². The second kappa shape index (κ2) is 11.1. The molecule has 4 rings (SSSR count). The van der Waals surface area contributed by atoms with Gasteiger partial charge in [-0.1, -0.05) is 29.4 Å². The van der Waals surface area contributed by atoms with Gasteiger partial charge in [-0.25, -0.2) is 4.79 Å². The minimum atomic E-state index is -4.83. The molecule has 1 atom stereocenters. The lowest BCUT2D eigenvalue weighted by molar-refractivity contribution is -0.274. The lowest BCUT2D eigenvalue weighted by atomic mass is 10.0. The fraction of sp³-hybridized carbons (Fsp3) is 0.385. The van der Waals surface area contributed by atoms with Gasteiger partial charge in [0.15, 0.2) is 0 Å². The van der Waals surface area contributed by atoms with E-state index in [1.165, 1.54) is 24.3 Å². The van der Waals surface area contributed by atoms with Crippen molar-refractivity contribution in [2.24, 2.45) is 0 Å². The maximum absolute atomic E-state index is 12.9. The van der Waals surface area contributed by atoms with E-state index in [0.717, 1.165) is 18.4 Å². The summed E-state index contributed by atoms with van der Waals surface area (Å²) in [5, 5.41) is 13.2.